The monoisotopic (exact) mass is 267 g/mol. The molecule has 1 atom stereocenters. The van der Waals surface area contributed by atoms with Crippen molar-refractivity contribution in [1.29, 1.82) is 0 Å². The van der Waals surface area contributed by atoms with E-state index < -0.39 is 0 Å². The number of carbonyl (C=O) groups excluding carboxylic acids is 1. The van der Waals surface area contributed by atoms with Gasteiger partial charge in [0, 0.05) is 4.47 Å². The molecule has 1 heterocycles. The van der Waals surface area contributed by atoms with Gasteiger partial charge in [-0.2, -0.15) is 0 Å². The van der Waals surface area contributed by atoms with E-state index in [-0.39, 0.29) is 6.04 Å². The minimum atomic E-state index is -0.0648. The molecule has 0 saturated carbocycles. The average molecular weight is 268 g/mol. The van der Waals surface area contributed by atoms with Crippen molar-refractivity contribution in [2.24, 2.45) is 0 Å². The Bertz CT molecular complexity index is 347. The smallest absolute Gasteiger partial charge is 0.141 e. The molecule has 1 unspecified atom stereocenters. The van der Waals surface area contributed by atoms with Crippen molar-refractivity contribution >= 4 is 22.2 Å². The van der Waals surface area contributed by atoms with Crippen molar-refractivity contribution in [2.45, 2.75) is 18.9 Å². The summed E-state index contributed by atoms with van der Waals surface area (Å²) >= 11 is 3.43. The van der Waals surface area contributed by atoms with Crippen LogP contribution in [0.5, 0.6) is 0 Å². The number of aldehydes is 1. The molecule has 0 spiro atoms. The lowest BCUT2D eigenvalue weighted by molar-refractivity contribution is -0.112. The summed E-state index contributed by atoms with van der Waals surface area (Å²) in [6.07, 6.45) is 3.46. The molecule has 0 bridgehead atoms. The predicted molar refractivity (Wildman–Crippen MR) is 63.8 cm³/mol. The molecule has 1 aliphatic heterocycles. The van der Waals surface area contributed by atoms with Crippen molar-refractivity contribution in [2.75, 3.05) is 13.1 Å². The fraction of sp³-hybridized carbons (Fsp3) is 0.417. The molecule has 1 aromatic carbocycles. The number of halogens is 1. The van der Waals surface area contributed by atoms with Crippen molar-refractivity contribution < 1.29 is 4.79 Å². The summed E-state index contributed by atoms with van der Waals surface area (Å²) in [5.41, 5.74) is 1.08. The fourth-order valence-corrected chi connectivity index (χ4v) is 2.50. The lowest BCUT2D eigenvalue weighted by atomic mass is 10.1. The molecule has 0 N–H and O–H groups in total. The Morgan fingerprint density at radius 1 is 1.33 bits per heavy atom. The van der Waals surface area contributed by atoms with Crippen LogP contribution in [0.2, 0.25) is 0 Å². The number of benzene rings is 1. The van der Waals surface area contributed by atoms with Crippen molar-refractivity contribution in [3.8, 4) is 0 Å². The second-order valence-electron chi connectivity index (χ2n) is 3.88. The number of carbonyl (C=O) groups is 1. The van der Waals surface area contributed by atoms with Crippen LogP contribution in [-0.2, 0) is 4.79 Å². The van der Waals surface area contributed by atoms with Gasteiger partial charge in [-0.1, -0.05) is 28.1 Å². The molecule has 0 aliphatic carbocycles. The minimum Gasteiger partial charge on any atom is -0.301 e. The summed E-state index contributed by atoms with van der Waals surface area (Å²) in [6.45, 7) is 2.08. The van der Waals surface area contributed by atoms with Crippen LogP contribution in [0.25, 0.3) is 0 Å². The Morgan fingerprint density at radius 2 is 2.07 bits per heavy atom. The van der Waals surface area contributed by atoms with Gasteiger partial charge in [0.15, 0.2) is 0 Å². The van der Waals surface area contributed by atoms with Crippen LogP contribution in [0.4, 0.5) is 0 Å². The third-order valence-electron chi connectivity index (χ3n) is 2.85. The highest BCUT2D eigenvalue weighted by Crippen LogP contribution is 2.25. The zero-order chi connectivity index (χ0) is 10.7. The standard InChI is InChI=1S/C12H14BrNO/c13-11-5-3-4-10(8-11)12(9-15)14-6-1-2-7-14/h3-5,8-9,12H,1-2,6-7H2. The van der Waals surface area contributed by atoms with Gasteiger partial charge in [0.1, 0.15) is 6.29 Å². The molecule has 0 amide bonds. The molecule has 2 rings (SSSR count). The zero-order valence-corrected chi connectivity index (χ0v) is 10.1. The molecule has 80 valence electrons. The van der Waals surface area contributed by atoms with Gasteiger partial charge in [0.25, 0.3) is 0 Å². The first kappa shape index (κ1) is 10.8. The van der Waals surface area contributed by atoms with Gasteiger partial charge in [0.2, 0.25) is 0 Å². The number of hydrogen-bond acceptors (Lipinski definition) is 2. The van der Waals surface area contributed by atoms with E-state index in [0.29, 0.717) is 0 Å². The molecule has 1 fully saturated rings. The Hall–Kier alpha value is -0.670. The van der Waals surface area contributed by atoms with Gasteiger partial charge >= 0.3 is 0 Å². The molecular formula is C12H14BrNO. The number of nitrogens with zero attached hydrogens (tertiary/aromatic N) is 1. The molecule has 1 aliphatic rings. The van der Waals surface area contributed by atoms with E-state index in [1.807, 2.05) is 24.3 Å². The number of hydrogen-bond donors (Lipinski definition) is 0. The SMILES string of the molecule is O=CC(c1cccc(Br)c1)N1CCCC1. The van der Waals surface area contributed by atoms with Gasteiger partial charge in [-0.25, -0.2) is 0 Å². The van der Waals surface area contributed by atoms with E-state index in [1.165, 1.54) is 12.8 Å². The van der Waals surface area contributed by atoms with Crippen LogP contribution < -0.4 is 0 Å². The van der Waals surface area contributed by atoms with E-state index >= 15 is 0 Å². The Morgan fingerprint density at radius 3 is 2.67 bits per heavy atom. The lowest BCUT2D eigenvalue weighted by Crippen LogP contribution is -2.26. The summed E-state index contributed by atoms with van der Waals surface area (Å²) in [5, 5.41) is 0. The molecule has 3 heteroatoms. The van der Waals surface area contributed by atoms with Crippen LogP contribution in [0.1, 0.15) is 24.4 Å². The Kier molecular flexibility index (Phi) is 3.54. The highest BCUT2D eigenvalue weighted by Gasteiger charge is 2.22. The maximum Gasteiger partial charge on any atom is 0.141 e. The zero-order valence-electron chi connectivity index (χ0n) is 8.53. The second kappa shape index (κ2) is 4.90. The van der Waals surface area contributed by atoms with E-state index in [9.17, 15) is 4.79 Å². The molecule has 15 heavy (non-hydrogen) atoms. The average Bonchev–Trinajstić information content (AvgIpc) is 2.72. The van der Waals surface area contributed by atoms with Gasteiger partial charge in [-0.15, -0.1) is 0 Å². The normalized spacial score (nSPS) is 19.0. The van der Waals surface area contributed by atoms with Crippen LogP contribution in [0, 0.1) is 0 Å². The second-order valence-corrected chi connectivity index (χ2v) is 4.79. The molecule has 1 aromatic rings. The van der Waals surface area contributed by atoms with E-state index in [2.05, 4.69) is 20.8 Å². The lowest BCUT2D eigenvalue weighted by Gasteiger charge is -2.22. The molecule has 0 radical (unpaired) electrons. The summed E-state index contributed by atoms with van der Waals surface area (Å²) < 4.78 is 1.03. The highest BCUT2D eigenvalue weighted by atomic mass is 79.9. The van der Waals surface area contributed by atoms with E-state index in [4.69, 9.17) is 0 Å². The topological polar surface area (TPSA) is 20.3 Å². The van der Waals surface area contributed by atoms with Gasteiger partial charge in [0.05, 0.1) is 6.04 Å². The minimum absolute atomic E-state index is 0.0648. The molecular weight excluding hydrogens is 254 g/mol. The number of likely N-dealkylation sites (tertiary alicyclic amines) is 1. The van der Waals surface area contributed by atoms with Crippen LogP contribution in [0.3, 0.4) is 0 Å². The maximum atomic E-state index is 11.1. The van der Waals surface area contributed by atoms with Crippen molar-refractivity contribution in [1.82, 2.24) is 4.90 Å². The van der Waals surface area contributed by atoms with E-state index in [1.54, 1.807) is 0 Å². The first-order chi connectivity index (χ1) is 7.31. The highest BCUT2D eigenvalue weighted by molar-refractivity contribution is 9.10. The summed E-state index contributed by atoms with van der Waals surface area (Å²) in [7, 11) is 0. The predicted octanol–water partition coefficient (Wildman–Crippen LogP) is 2.78. The third-order valence-corrected chi connectivity index (χ3v) is 3.35. The van der Waals surface area contributed by atoms with Gasteiger partial charge in [-0.05, 0) is 43.6 Å². The van der Waals surface area contributed by atoms with Gasteiger partial charge in [-0.3, -0.25) is 4.90 Å². The number of rotatable bonds is 3. The largest absolute Gasteiger partial charge is 0.301 e. The fourth-order valence-electron chi connectivity index (χ4n) is 2.09. The van der Waals surface area contributed by atoms with Crippen molar-refractivity contribution in [3.63, 3.8) is 0 Å². The van der Waals surface area contributed by atoms with Crippen LogP contribution >= 0.6 is 15.9 Å². The Labute approximate surface area is 98.4 Å². The molecule has 0 aromatic heterocycles. The maximum absolute atomic E-state index is 11.1. The first-order valence-electron chi connectivity index (χ1n) is 5.26. The van der Waals surface area contributed by atoms with Crippen molar-refractivity contribution in [3.05, 3.63) is 34.3 Å². The summed E-state index contributed by atoms with van der Waals surface area (Å²) in [4.78, 5) is 13.4. The summed E-state index contributed by atoms with van der Waals surface area (Å²) in [6, 6.07) is 7.94. The molecule has 2 nitrogen and oxygen atoms in total. The molecule has 1 saturated heterocycles. The summed E-state index contributed by atoms with van der Waals surface area (Å²) in [5.74, 6) is 0. The van der Waals surface area contributed by atoms with Crippen LogP contribution in [-0.4, -0.2) is 24.3 Å². The van der Waals surface area contributed by atoms with Crippen LogP contribution in [0.15, 0.2) is 28.7 Å². The third kappa shape index (κ3) is 2.47. The quantitative estimate of drug-likeness (QED) is 0.786. The van der Waals surface area contributed by atoms with E-state index in [0.717, 1.165) is 29.4 Å². The van der Waals surface area contributed by atoms with Gasteiger partial charge < -0.3 is 4.79 Å². The first-order valence-corrected chi connectivity index (χ1v) is 6.05. The Balaban J connectivity index is 2.21.